The third kappa shape index (κ3) is 4.87. The number of nitrogens with zero attached hydrogens (tertiary/aromatic N) is 3. The first-order chi connectivity index (χ1) is 17.6. The number of urea groups is 1. The summed E-state index contributed by atoms with van der Waals surface area (Å²) in [6.45, 7) is 7.29. The van der Waals surface area contributed by atoms with Gasteiger partial charge in [-0.25, -0.2) is 9.59 Å². The Labute approximate surface area is 216 Å². The lowest BCUT2D eigenvalue weighted by Crippen LogP contribution is -2.47. The van der Waals surface area contributed by atoms with Crippen LogP contribution in [0.15, 0.2) is 48.5 Å². The van der Waals surface area contributed by atoms with Crippen molar-refractivity contribution in [3.05, 3.63) is 65.2 Å². The van der Waals surface area contributed by atoms with E-state index in [1.165, 1.54) is 9.96 Å². The fourth-order valence-corrected chi connectivity index (χ4v) is 5.86. The van der Waals surface area contributed by atoms with Crippen molar-refractivity contribution in [3.63, 3.8) is 0 Å². The van der Waals surface area contributed by atoms with E-state index in [2.05, 4.69) is 5.32 Å². The van der Waals surface area contributed by atoms with Crippen LogP contribution in [-0.2, 0) is 22.7 Å². The van der Waals surface area contributed by atoms with E-state index >= 15 is 0 Å². The summed E-state index contributed by atoms with van der Waals surface area (Å²) >= 11 is 0. The number of hydroxylamine groups is 2. The smallest absolute Gasteiger partial charge is 0.407 e. The van der Waals surface area contributed by atoms with Gasteiger partial charge >= 0.3 is 12.1 Å². The maximum atomic E-state index is 13.3. The van der Waals surface area contributed by atoms with Gasteiger partial charge in [-0.05, 0) is 53.5 Å². The van der Waals surface area contributed by atoms with Crippen molar-refractivity contribution in [2.24, 2.45) is 5.41 Å². The van der Waals surface area contributed by atoms with Crippen molar-refractivity contribution in [2.45, 2.75) is 64.8 Å². The number of anilines is 1. The molecule has 1 unspecified atom stereocenters. The van der Waals surface area contributed by atoms with Crippen LogP contribution in [0.2, 0.25) is 0 Å². The second-order valence-electron chi connectivity index (χ2n) is 11.2. The van der Waals surface area contributed by atoms with Crippen molar-refractivity contribution in [2.75, 3.05) is 18.4 Å². The molecule has 9 nitrogen and oxygen atoms in total. The second kappa shape index (κ2) is 9.70. The Morgan fingerprint density at radius 3 is 2.57 bits per heavy atom. The number of piperidine rings is 1. The largest absolute Gasteiger partial charge is 0.465 e. The molecule has 3 atom stereocenters. The average Bonchev–Trinajstić information content (AvgIpc) is 3.10. The number of hydrogen-bond donors (Lipinski definition) is 2. The van der Waals surface area contributed by atoms with Gasteiger partial charge in [-0.15, -0.1) is 0 Å². The predicted octanol–water partition coefficient (Wildman–Crippen LogP) is 4.65. The van der Waals surface area contributed by atoms with Crippen molar-refractivity contribution in [1.82, 2.24) is 14.9 Å². The quantitative estimate of drug-likeness (QED) is 0.615. The molecule has 9 heteroatoms. The Bertz CT molecular complexity index is 1190. The van der Waals surface area contributed by atoms with E-state index < -0.39 is 12.1 Å². The molecule has 2 N–H and O–H groups in total. The summed E-state index contributed by atoms with van der Waals surface area (Å²) in [5.41, 5.74) is 3.37. The van der Waals surface area contributed by atoms with Gasteiger partial charge < -0.3 is 20.2 Å². The molecule has 0 spiro atoms. The number of hydrogen-bond acceptors (Lipinski definition) is 4. The Morgan fingerprint density at radius 2 is 1.86 bits per heavy atom. The number of carbonyl (C=O) groups is 3. The Balaban J connectivity index is 1.26. The third-order valence-electron chi connectivity index (χ3n) is 7.54. The zero-order chi connectivity index (χ0) is 26.3. The van der Waals surface area contributed by atoms with Gasteiger partial charge in [0.25, 0.3) is 0 Å². The molecule has 2 aromatic rings. The van der Waals surface area contributed by atoms with Gasteiger partial charge in [0.1, 0.15) is 12.6 Å². The van der Waals surface area contributed by atoms with E-state index in [1.807, 2.05) is 69.3 Å². The van der Waals surface area contributed by atoms with Crippen LogP contribution in [0.25, 0.3) is 0 Å². The maximum absolute atomic E-state index is 13.3. The minimum Gasteiger partial charge on any atom is -0.465 e. The SMILES string of the molecule is CC(C)(C)C1c2ccc(NC(=O)[C@@H]3CC[C@@H]4CN3C(=O)N4OCc3ccccc3)cc2CCN1C(=O)O. The lowest BCUT2D eigenvalue weighted by molar-refractivity contribution is -0.140. The molecule has 2 saturated heterocycles. The molecule has 3 aliphatic heterocycles. The Kier molecular flexibility index (Phi) is 6.58. The minimum absolute atomic E-state index is 0.0597. The molecule has 0 saturated carbocycles. The summed E-state index contributed by atoms with van der Waals surface area (Å²) in [6.07, 6.45) is 0.924. The Hall–Kier alpha value is -3.59. The zero-order valence-electron chi connectivity index (χ0n) is 21.5. The molecule has 3 heterocycles. The monoisotopic (exact) mass is 506 g/mol. The highest BCUT2D eigenvalue weighted by atomic mass is 16.7. The van der Waals surface area contributed by atoms with Crippen molar-refractivity contribution >= 4 is 23.7 Å². The molecule has 0 aliphatic carbocycles. The second-order valence-corrected chi connectivity index (χ2v) is 11.2. The summed E-state index contributed by atoms with van der Waals surface area (Å²) in [5.74, 6) is -0.216. The van der Waals surface area contributed by atoms with E-state index in [0.29, 0.717) is 44.6 Å². The standard InChI is InChI=1S/C28H34N4O5/c1-28(2,3)24-22-11-9-20(15-19(22)13-14-30(24)27(35)36)29-25(33)23-12-10-21-16-31(23)26(34)32(21)37-17-18-7-5-4-6-8-18/h4-9,11,15,21,23-24H,10,12-14,16-17H2,1-3H3,(H,29,33)(H,35,36)/t21-,23+,24?/m1/s1. The molecule has 196 valence electrons. The van der Waals surface area contributed by atoms with E-state index in [4.69, 9.17) is 4.84 Å². The normalized spacial score (nSPS) is 23.2. The number of amides is 4. The van der Waals surface area contributed by atoms with Crippen LogP contribution < -0.4 is 5.32 Å². The van der Waals surface area contributed by atoms with E-state index in [0.717, 1.165) is 16.7 Å². The fraction of sp³-hybridized carbons (Fsp3) is 0.464. The first-order valence-corrected chi connectivity index (χ1v) is 12.8. The highest BCUT2D eigenvalue weighted by Crippen LogP contribution is 2.43. The molecule has 0 aromatic heterocycles. The van der Waals surface area contributed by atoms with E-state index in [1.54, 1.807) is 4.90 Å². The summed E-state index contributed by atoms with van der Waals surface area (Å²) in [4.78, 5) is 47.2. The summed E-state index contributed by atoms with van der Waals surface area (Å²) in [5, 5.41) is 14.2. The molecular weight excluding hydrogens is 472 g/mol. The molecule has 2 aromatic carbocycles. The predicted molar refractivity (Wildman–Crippen MR) is 138 cm³/mol. The minimum atomic E-state index is -0.921. The summed E-state index contributed by atoms with van der Waals surface area (Å²) < 4.78 is 0. The lowest BCUT2D eigenvalue weighted by Gasteiger charge is -2.43. The Morgan fingerprint density at radius 1 is 1.11 bits per heavy atom. The van der Waals surface area contributed by atoms with Crippen molar-refractivity contribution < 1.29 is 24.3 Å². The number of benzene rings is 2. The molecule has 3 aliphatic rings. The number of nitrogens with one attached hydrogen (secondary N) is 1. The molecule has 0 radical (unpaired) electrons. The highest BCUT2D eigenvalue weighted by molar-refractivity contribution is 5.97. The van der Waals surface area contributed by atoms with Crippen LogP contribution >= 0.6 is 0 Å². The van der Waals surface area contributed by atoms with Gasteiger partial charge in [-0.3, -0.25) is 9.63 Å². The number of carbonyl (C=O) groups excluding carboxylic acids is 2. The van der Waals surface area contributed by atoms with Crippen LogP contribution in [-0.4, -0.2) is 63.2 Å². The van der Waals surface area contributed by atoms with Gasteiger partial charge in [0.05, 0.1) is 12.1 Å². The van der Waals surface area contributed by atoms with Crippen molar-refractivity contribution in [1.29, 1.82) is 0 Å². The van der Waals surface area contributed by atoms with Crippen LogP contribution in [0.3, 0.4) is 0 Å². The fourth-order valence-electron chi connectivity index (χ4n) is 5.86. The average molecular weight is 507 g/mol. The zero-order valence-corrected chi connectivity index (χ0v) is 21.5. The van der Waals surface area contributed by atoms with Crippen LogP contribution in [0.5, 0.6) is 0 Å². The number of fused-ring (bicyclic) bond motifs is 3. The number of rotatable bonds is 5. The van der Waals surface area contributed by atoms with Gasteiger partial charge in [0.15, 0.2) is 0 Å². The molecule has 2 fully saturated rings. The van der Waals surface area contributed by atoms with E-state index in [-0.39, 0.29) is 29.4 Å². The van der Waals surface area contributed by atoms with Gasteiger partial charge in [-0.2, -0.15) is 5.06 Å². The maximum Gasteiger partial charge on any atom is 0.407 e. The van der Waals surface area contributed by atoms with Crippen LogP contribution in [0.1, 0.15) is 56.3 Å². The van der Waals surface area contributed by atoms with Gasteiger partial charge in [-0.1, -0.05) is 57.2 Å². The lowest BCUT2D eigenvalue weighted by atomic mass is 9.77. The van der Waals surface area contributed by atoms with Crippen molar-refractivity contribution in [3.8, 4) is 0 Å². The van der Waals surface area contributed by atoms with E-state index in [9.17, 15) is 19.5 Å². The molecular formula is C28H34N4O5. The molecule has 2 bridgehead atoms. The topological polar surface area (TPSA) is 102 Å². The summed E-state index contributed by atoms with van der Waals surface area (Å²) in [6, 6.07) is 14.2. The first-order valence-electron chi connectivity index (χ1n) is 12.8. The highest BCUT2D eigenvalue weighted by Gasteiger charge is 2.48. The van der Waals surface area contributed by atoms with Gasteiger partial charge in [0, 0.05) is 18.8 Å². The van der Waals surface area contributed by atoms with Crippen LogP contribution in [0, 0.1) is 5.41 Å². The van der Waals surface area contributed by atoms with Gasteiger partial charge in [0.2, 0.25) is 5.91 Å². The number of carboxylic acid groups (broad SMARTS) is 1. The molecule has 4 amide bonds. The first kappa shape index (κ1) is 25.1. The molecule has 5 rings (SSSR count). The summed E-state index contributed by atoms with van der Waals surface area (Å²) in [7, 11) is 0. The van der Waals surface area contributed by atoms with Crippen LogP contribution in [0.4, 0.5) is 15.3 Å². The third-order valence-corrected chi connectivity index (χ3v) is 7.54. The molecule has 37 heavy (non-hydrogen) atoms.